The van der Waals surface area contributed by atoms with Gasteiger partial charge in [0.15, 0.2) is 0 Å². The van der Waals surface area contributed by atoms with E-state index >= 15 is 0 Å². The molecule has 1 heterocycles. The first-order valence-electron chi connectivity index (χ1n) is 9.47. The topological polar surface area (TPSA) is 80.6 Å². The van der Waals surface area contributed by atoms with Gasteiger partial charge in [-0.15, -0.1) is 0 Å². The van der Waals surface area contributed by atoms with Gasteiger partial charge in [-0.1, -0.05) is 23.7 Å². The third-order valence-electron chi connectivity index (χ3n) is 4.87. The molecule has 0 bridgehead atoms. The lowest BCUT2D eigenvalue weighted by Crippen LogP contribution is -2.41. The second kappa shape index (κ2) is 8.39. The summed E-state index contributed by atoms with van der Waals surface area (Å²) in [6.45, 7) is 13.3. The van der Waals surface area contributed by atoms with Crippen LogP contribution in [0, 0.1) is 11.3 Å². The molecular formula is C21H28BClN2O4. The number of alkyl carbamates (subject to hydrolysis) is 1. The van der Waals surface area contributed by atoms with E-state index in [2.05, 4.69) is 11.4 Å². The van der Waals surface area contributed by atoms with Crippen molar-refractivity contribution in [2.45, 2.75) is 65.3 Å². The van der Waals surface area contributed by atoms with Crippen LogP contribution in [0.15, 0.2) is 23.7 Å². The monoisotopic (exact) mass is 418 g/mol. The van der Waals surface area contributed by atoms with Gasteiger partial charge in [0.1, 0.15) is 5.60 Å². The highest BCUT2D eigenvalue weighted by molar-refractivity contribution is 6.56. The Hall–Kier alpha value is -2.01. The van der Waals surface area contributed by atoms with Gasteiger partial charge in [-0.3, -0.25) is 0 Å². The second-order valence-corrected chi connectivity index (χ2v) is 9.44. The first-order valence-corrected chi connectivity index (χ1v) is 9.84. The van der Waals surface area contributed by atoms with Crippen LogP contribution in [-0.4, -0.2) is 36.6 Å². The molecule has 6 nitrogen and oxygen atoms in total. The molecular weight excluding hydrogens is 391 g/mol. The Morgan fingerprint density at radius 1 is 1.28 bits per heavy atom. The quantitative estimate of drug-likeness (QED) is 0.714. The zero-order valence-electron chi connectivity index (χ0n) is 18.1. The van der Waals surface area contributed by atoms with E-state index in [1.165, 1.54) is 0 Å². The van der Waals surface area contributed by atoms with Gasteiger partial charge in [0, 0.05) is 11.6 Å². The maximum absolute atomic E-state index is 12.1. The van der Waals surface area contributed by atoms with Crippen molar-refractivity contribution in [1.82, 2.24) is 5.32 Å². The molecule has 0 aromatic heterocycles. The molecule has 1 aliphatic rings. The summed E-state index contributed by atoms with van der Waals surface area (Å²) in [5.74, 6) is 0. The Morgan fingerprint density at radius 2 is 1.86 bits per heavy atom. The van der Waals surface area contributed by atoms with Crippen molar-refractivity contribution in [2.24, 2.45) is 0 Å². The number of rotatable bonds is 4. The predicted molar refractivity (Wildman–Crippen MR) is 114 cm³/mol. The zero-order chi connectivity index (χ0) is 22.0. The third-order valence-corrected chi connectivity index (χ3v) is 5.10. The molecule has 1 aromatic rings. The summed E-state index contributed by atoms with van der Waals surface area (Å²) in [4.78, 5) is 12.1. The number of carbonyl (C=O) groups excluding carboxylic acids is 1. The second-order valence-electron chi connectivity index (χ2n) is 9.01. The molecule has 1 N–H and O–H groups in total. The fraction of sp³-hybridized carbons (Fsp3) is 0.524. The summed E-state index contributed by atoms with van der Waals surface area (Å²) in [5, 5.41) is 12.7. The first kappa shape index (κ1) is 23.3. The summed E-state index contributed by atoms with van der Waals surface area (Å²) in [7, 11) is -0.683. The molecule has 1 saturated heterocycles. The number of hydrogen-bond donors (Lipinski definition) is 1. The molecule has 1 aromatic carbocycles. The van der Waals surface area contributed by atoms with Crippen molar-refractivity contribution < 1.29 is 18.8 Å². The van der Waals surface area contributed by atoms with E-state index in [1.54, 1.807) is 45.0 Å². The Kier molecular flexibility index (Phi) is 6.73. The van der Waals surface area contributed by atoms with E-state index in [-0.39, 0.29) is 6.54 Å². The van der Waals surface area contributed by atoms with Crippen LogP contribution in [0.3, 0.4) is 0 Å². The van der Waals surface area contributed by atoms with Crippen LogP contribution in [-0.2, 0) is 14.0 Å². The molecule has 0 radical (unpaired) electrons. The summed E-state index contributed by atoms with van der Waals surface area (Å²) >= 11 is 6.00. The maximum Gasteiger partial charge on any atom is 0.492 e. The SMILES string of the molecule is CC(C)(C)OC(=O)NCC(=Cc1ccc(Cl)cc1C#N)B1OC(C)(C)C(C)(C)O1. The number of nitrogens with zero attached hydrogens (tertiary/aromatic N) is 1. The molecule has 1 amide bonds. The highest BCUT2D eigenvalue weighted by Gasteiger charge is 2.52. The summed E-state index contributed by atoms with van der Waals surface area (Å²) < 4.78 is 17.6. The minimum absolute atomic E-state index is 0.138. The van der Waals surface area contributed by atoms with Crippen molar-refractivity contribution in [3.8, 4) is 6.07 Å². The van der Waals surface area contributed by atoms with Gasteiger partial charge < -0.3 is 19.4 Å². The van der Waals surface area contributed by atoms with Crippen molar-refractivity contribution in [2.75, 3.05) is 6.54 Å². The van der Waals surface area contributed by atoms with Gasteiger partial charge in [-0.2, -0.15) is 5.26 Å². The van der Waals surface area contributed by atoms with E-state index in [0.717, 1.165) is 0 Å². The van der Waals surface area contributed by atoms with Crippen molar-refractivity contribution in [3.63, 3.8) is 0 Å². The molecule has 156 valence electrons. The minimum atomic E-state index is -0.683. The smallest absolute Gasteiger partial charge is 0.444 e. The van der Waals surface area contributed by atoms with E-state index < -0.39 is 30.0 Å². The Bertz CT molecular complexity index is 837. The summed E-state index contributed by atoms with van der Waals surface area (Å²) in [5.41, 5.74) is 0.0499. The molecule has 0 unspecified atom stereocenters. The lowest BCUT2D eigenvalue weighted by atomic mass is 9.76. The van der Waals surface area contributed by atoms with Gasteiger partial charge in [-0.05, 0) is 71.6 Å². The maximum atomic E-state index is 12.1. The van der Waals surface area contributed by atoms with Crippen LogP contribution in [0.25, 0.3) is 6.08 Å². The summed E-state index contributed by atoms with van der Waals surface area (Å²) in [6, 6.07) is 7.19. The molecule has 1 aliphatic heterocycles. The van der Waals surface area contributed by atoms with Crippen LogP contribution in [0.2, 0.25) is 5.02 Å². The Balaban J connectivity index is 2.34. The van der Waals surface area contributed by atoms with Crippen molar-refractivity contribution in [3.05, 3.63) is 39.8 Å². The van der Waals surface area contributed by atoms with Gasteiger partial charge >= 0.3 is 13.2 Å². The van der Waals surface area contributed by atoms with Crippen LogP contribution in [0.4, 0.5) is 4.79 Å². The van der Waals surface area contributed by atoms with Crippen molar-refractivity contribution >= 4 is 30.9 Å². The van der Waals surface area contributed by atoms with Crippen LogP contribution < -0.4 is 5.32 Å². The van der Waals surface area contributed by atoms with Crippen LogP contribution in [0.1, 0.15) is 59.6 Å². The number of nitrogens with one attached hydrogen (secondary N) is 1. The van der Waals surface area contributed by atoms with E-state index in [4.69, 9.17) is 25.6 Å². The third kappa shape index (κ3) is 5.99. The predicted octanol–water partition coefficient (Wildman–Crippen LogP) is 4.75. The van der Waals surface area contributed by atoms with E-state index in [0.29, 0.717) is 21.6 Å². The molecule has 0 saturated carbocycles. The molecule has 1 fully saturated rings. The van der Waals surface area contributed by atoms with Crippen LogP contribution >= 0.6 is 11.6 Å². The largest absolute Gasteiger partial charge is 0.492 e. The number of carbonyl (C=O) groups is 1. The molecule has 2 rings (SSSR count). The highest BCUT2D eigenvalue weighted by Crippen LogP contribution is 2.39. The van der Waals surface area contributed by atoms with Gasteiger partial charge in [0.05, 0.1) is 22.8 Å². The first-order chi connectivity index (χ1) is 13.2. The number of halogens is 1. The van der Waals surface area contributed by atoms with Crippen molar-refractivity contribution in [1.29, 1.82) is 5.26 Å². The number of ether oxygens (including phenoxy) is 1. The summed E-state index contributed by atoms with van der Waals surface area (Å²) in [6.07, 6.45) is 1.24. The lowest BCUT2D eigenvalue weighted by Gasteiger charge is -2.32. The van der Waals surface area contributed by atoms with Gasteiger partial charge in [-0.25, -0.2) is 4.79 Å². The average Bonchev–Trinajstić information content (AvgIpc) is 2.78. The van der Waals surface area contributed by atoms with Crippen LogP contribution in [0.5, 0.6) is 0 Å². The number of amides is 1. The Labute approximate surface area is 178 Å². The number of benzene rings is 1. The zero-order valence-corrected chi connectivity index (χ0v) is 18.8. The van der Waals surface area contributed by atoms with E-state index in [1.807, 2.05) is 27.7 Å². The molecule has 0 aliphatic carbocycles. The molecule has 0 spiro atoms. The van der Waals surface area contributed by atoms with Gasteiger partial charge in [0.2, 0.25) is 0 Å². The number of hydrogen-bond acceptors (Lipinski definition) is 5. The normalized spacial score (nSPS) is 18.3. The van der Waals surface area contributed by atoms with E-state index in [9.17, 15) is 10.1 Å². The Morgan fingerprint density at radius 3 is 2.38 bits per heavy atom. The fourth-order valence-corrected chi connectivity index (χ4v) is 2.81. The molecule has 8 heteroatoms. The van der Waals surface area contributed by atoms with Gasteiger partial charge in [0.25, 0.3) is 0 Å². The fourth-order valence-electron chi connectivity index (χ4n) is 2.64. The lowest BCUT2D eigenvalue weighted by molar-refractivity contribution is 0.00578. The minimum Gasteiger partial charge on any atom is -0.444 e. The standard InChI is InChI=1S/C21H28BClN2O4/c1-19(2,3)27-18(26)25-13-16(22-28-20(4,5)21(6,7)29-22)10-14-8-9-17(23)11-15(14)12-24/h8-11H,13H2,1-7H3,(H,25,26). The number of nitriles is 1. The highest BCUT2D eigenvalue weighted by atomic mass is 35.5. The molecule has 29 heavy (non-hydrogen) atoms. The molecule has 0 atom stereocenters. The average molecular weight is 419 g/mol.